The number of benzene rings is 2. The summed E-state index contributed by atoms with van der Waals surface area (Å²) in [6.45, 7) is 1.93. The van der Waals surface area contributed by atoms with Crippen LogP contribution in [0.1, 0.15) is 23.6 Å². The molecule has 136 valence electrons. The molecule has 2 rings (SSSR count). The molecule has 0 radical (unpaired) electrons. The first-order valence-corrected chi connectivity index (χ1v) is 7.84. The molecule has 2 aromatic carbocycles. The lowest BCUT2D eigenvalue weighted by Gasteiger charge is -2.18. The Morgan fingerprint density at radius 1 is 1.19 bits per heavy atom. The second-order valence-electron chi connectivity index (χ2n) is 5.65. The Balaban J connectivity index is 2.17. The number of carbonyl (C=O) groups is 2. The Kier molecular flexibility index (Phi) is 6.26. The first-order valence-electron chi connectivity index (χ1n) is 7.84. The molecule has 2 aromatic rings. The molecule has 0 heterocycles. The van der Waals surface area contributed by atoms with Crippen molar-refractivity contribution >= 4 is 23.4 Å². The minimum absolute atomic E-state index is 0.127. The number of nitro benzene ring substituents is 1. The van der Waals surface area contributed by atoms with Crippen molar-refractivity contribution in [1.82, 2.24) is 5.32 Å². The summed E-state index contributed by atoms with van der Waals surface area (Å²) in [5.74, 6) is -0.544. The molecule has 0 spiro atoms. The summed E-state index contributed by atoms with van der Waals surface area (Å²) in [4.78, 5) is 34.3. The maximum Gasteiger partial charge on any atom is 0.319 e. The SMILES string of the molecule is COC(=O)C[C@H](NC(=O)Nc1ccc(C)cc1)c1cccc([N+](=O)[O-])c1. The molecule has 0 bridgehead atoms. The summed E-state index contributed by atoms with van der Waals surface area (Å²) in [7, 11) is 1.24. The van der Waals surface area contributed by atoms with Crippen LogP contribution in [-0.2, 0) is 9.53 Å². The fraction of sp³-hybridized carbons (Fsp3) is 0.222. The Morgan fingerprint density at radius 3 is 2.50 bits per heavy atom. The molecule has 0 aliphatic carbocycles. The van der Waals surface area contributed by atoms with E-state index < -0.39 is 23.0 Å². The van der Waals surface area contributed by atoms with E-state index in [1.807, 2.05) is 19.1 Å². The molecule has 2 N–H and O–H groups in total. The zero-order chi connectivity index (χ0) is 19.1. The number of non-ortho nitro benzene ring substituents is 1. The van der Waals surface area contributed by atoms with Crippen molar-refractivity contribution in [1.29, 1.82) is 0 Å². The summed E-state index contributed by atoms with van der Waals surface area (Å²) >= 11 is 0. The van der Waals surface area contributed by atoms with Crippen LogP contribution in [0.3, 0.4) is 0 Å². The van der Waals surface area contributed by atoms with Gasteiger partial charge in [-0.15, -0.1) is 0 Å². The van der Waals surface area contributed by atoms with Gasteiger partial charge in [0.1, 0.15) is 0 Å². The van der Waals surface area contributed by atoms with Gasteiger partial charge in [0.15, 0.2) is 0 Å². The quantitative estimate of drug-likeness (QED) is 0.468. The standard InChI is InChI=1S/C18H19N3O5/c1-12-6-8-14(9-7-12)19-18(23)20-16(11-17(22)26-2)13-4-3-5-15(10-13)21(24)25/h3-10,16H,11H2,1-2H3,(H2,19,20,23)/t16-/m0/s1. The minimum atomic E-state index is -0.771. The average molecular weight is 357 g/mol. The minimum Gasteiger partial charge on any atom is -0.469 e. The molecule has 1 atom stereocenters. The lowest BCUT2D eigenvalue weighted by molar-refractivity contribution is -0.384. The van der Waals surface area contributed by atoms with Crippen molar-refractivity contribution in [2.45, 2.75) is 19.4 Å². The number of ether oxygens (including phenoxy) is 1. The van der Waals surface area contributed by atoms with E-state index >= 15 is 0 Å². The Labute approximate surface area is 150 Å². The fourth-order valence-electron chi connectivity index (χ4n) is 2.32. The van der Waals surface area contributed by atoms with Gasteiger partial charge in [0.05, 0.1) is 24.5 Å². The Hall–Kier alpha value is -3.42. The van der Waals surface area contributed by atoms with Gasteiger partial charge in [-0.1, -0.05) is 29.8 Å². The van der Waals surface area contributed by atoms with E-state index in [4.69, 9.17) is 0 Å². The van der Waals surface area contributed by atoms with Crippen molar-refractivity contribution in [3.63, 3.8) is 0 Å². The third-order valence-corrected chi connectivity index (χ3v) is 3.70. The number of rotatable bonds is 6. The number of nitrogens with zero attached hydrogens (tertiary/aromatic N) is 1. The van der Waals surface area contributed by atoms with Gasteiger partial charge in [-0.3, -0.25) is 14.9 Å². The highest BCUT2D eigenvalue weighted by molar-refractivity contribution is 5.89. The monoisotopic (exact) mass is 357 g/mol. The predicted octanol–water partition coefficient (Wildman–Crippen LogP) is 3.33. The zero-order valence-electron chi connectivity index (χ0n) is 14.4. The molecule has 0 aliphatic rings. The molecule has 0 saturated heterocycles. The number of carbonyl (C=O) groups excluding carboxylic acids is 2. The van der Waals surface area contributed by atoms with Crippen LogP contribution in [0.15, 0.2) is 48.5 Å². The molecule has 0 aromatic heterocycles. The van der Waals surface area contributed by atoms with Crippen LogP contribution in [0, 0.1) is 17.0 Å². The van der Waals surface area contributed by atoms with Gasteiger partial charge in [0.2, 0.25) is 0 Å². The van der Waals surface area contributed by atoms with Crippen LogP contribution in [0.5, 0.6) is 0 Å². The van der Waals surface area contributed by atoms with Crippen molar-refractivity contribution in [2.24, 2.45) is 0 Å². The van der Waals surface area contributed by atoms with E-state index in [1.165, 1.54) is 25.3 Å². The Bertz CT molecular complexity index is 805. The van der Waals surface area contributed by atoms with E-state index in [2.05, 4.69) is 15.4 Å². The first-order chi connectivity index (χ1) is 12.4. The molecule has 26 heavy (non-hydrogen) atoms. The number of amides is 2. The van der Waals surface area contributed by atoms with Crippen molar-refractivity contribution < 1.29 is 19.2 Å². The Morgan fingerprint density at radius 2 is 1.88 bits per heavy atom. The second-order valence-corrected chi connectivity index (χ2v) is 5.65. The topological polar surface area (TPSA) is 111 Å². The maximum atomic E-state index is 12.3. The molecule has 2 amide bonds. The number of methoxy groups -OCH3 is 1. The molecule has 8 heteroatoms. The number of hydrogen-bond donors (Lipinski definition) is 2. The number of nitro groups is 1. The van der Waals surface area contributed by atoms with Gasteiger partial charge in [-0.05, 0) is 24.6 Å². The van der Waals surface area contributed by atoms with Crippen LogP contribution in [0.2, 0.25) is 0 Å². The molecular formula is C18H19N3O5. The van der Waals surface area contributed by atoms with Crippen LogP contribution in [0.4, 0.5) is 16.2 Å². The predicted molar refractivity (Wildman–Crippen MR) is 95.8 cm³/mol. The zero-order valence-corrected chi connectivity index (χ0v) is 14.4. The highest BCUT2D eigenvalue weighted by Crippen LogP contribution is 2.22. The lowest BCUT2D eigenvalue weighted by Crippen LogP contribution is -2.34. The van der Waals surface area contributed by atoms with Gasteiger partial charge < -0.3 is 15.4 Å². The number of esters is 1. The summed E-state index contributed by atoms with van der Waals surface area (Å²) in [5, 5.41) is 16.3. The van der Waals surface area contributed by atoms with Crippen LogP contribution in [0.25, 0.3) is 0 Å². The number of nitrogens with one attached hydrogen (secondary N) is 2. The highest BCUT2D eigenvalue weighted by Gasteiger charge is 2.21. The summed E-state index contributed by atoms with van der Waals surface area (Å²) in [6, 6.07) is 11.6. The third-order valence-electron chi connectivity index (χ3n) is 3.70. The third kappa shape index (κ3) is 5.30. The van der Waals surface area contributed by atoms with Crippen molar-refractivity contribution in [3.8, 4) is 0 Å². The number of urea groups is 1. The maximum absolute atomic E-state index is 12.3. The van der Waals surface area contributed by atoms with Crippen LogP contribution >= 0.6 is 0 Å². The van der Waals surface area contributed by atoms with Gasteiger partial charge in [-0.2, -0.15) is 0 Å². The largest absolute Gasteiger partial charge is 0.469 e. The molecule has 8 nitrogen and oxygen atoms in total. The fourth-order valence-corrected chi connectivity index (χ4v) is 2.32. The lowest BCUT2D eigenvalue weighted by atomic mass is 10.0. The molecule has 0 fully saturated rings. The first kappa shape index (κ1) is 18.9. The second kappa shape index (κ2) is 8.61. The van der Waals surface area contributed by atoms with E-state index in [0.29, 0.717) is 11.3 Å². The van der Waals surface area contributed by atoms with Gasteiger partial charge in [-0.25, -0.2) is 4.79 Å². The highest BCUT2D eigenvalue weighted by atomic mass is 16.6. The van der Waals surface area contributed by atoms with E-state index in [1.54, 1.807) is 18.2 Å². The molecule has 0 saturated carbocycles. The van der Waals surface area contributed by atoms with Gasteiger partial charge in [0.25, 0.3) is 5.69 Å². The van der Waals surface area contributed by atoms with Crippen molar-refractivity contribution in [2.75, 3.05) is 12.4 Å². The van der Waals surface area contributed by atoms with Crippen LogP contribution in [-0.4, -0.2) is 24.0 Å². The smallest absolute Gasteiger partial charge is 0.319 e. The van der Waals surface area contributed by atoms with E-state index in [-0.39, 0.29) is 12.1 Å². The van der Waals surface area contributed by atoms with Crippen LogP contribution < -0.4 is 10.6 Å². The molecular weight excluding hydrogens is 338 g/mol. The number of anilines is 1. The summed E-state index contributed by atoms with van der Waals surface area (Å²) < 4.78 is 4.65. The van der Waals surface area contributed by atoms with Gasteiger partial charge in [0, 0.05) is 17.8 Å². The van der Waals surface area contributed by atoms with Gasteiger partial charge >= 0.3 is 12.0 Å². The van der Waals surface area contributed by atoms with Crippen molar-refractivity contribution in [3.05, 3.63) is 69.8 Å². The van der Waals surface area contributed by atoms with E-state index in [0.717, 1.165) is 5.56 Å². The summed E-state index contributed by atoms with van der Waals surface area (Å²) in [5.41, 5.74) is 1.95. The number of hydrogen-bond acceptors (Lipinski definition) is 5. The normalized spacial score (nSPS) is 11.3. The molecule has 0 aliphatic heterocycles. The number of aryl methyl sites for hydroxylation is 1. The van der Waals surface area contributed by atoms with E-state index in [9.17, 15) is 19.7 Å². The summed E-state index contributed by atoms with van der Waals surface area (Å²) in [6.07, 6.45) is -0.154. The molecule has 0 unspecified atom stereocenters. The average Bonchev–Trinajstić information content (AvgIpc) is 2.63.